The lowest BCUT2D eigenvalue weighted by Crippen LogP contribution is -2.29. The molecule has 1 aliphatic carbocycles. The Morgan fingerprint density at radius 1 is 1.33 bits per heavy atom. The fourth-order valence-corrected chi connectivity index (χ4v) is 4.54. The van der Waals surface area contributed by atoms with E-state index in [9.17, 15) is 4.79 Å². The topological polar surface area (TPSA) is 32.9 Å². The summed E-state index contributed by atoms with van der Waals surface area (Å²) in [6.45, 7) is 4.44. The number of halogens is 1. The van der Waals surface area contributed by atoms with Crippen molar-refractivity contribution in [2.24, 2.45) is 11.3 Å². The van der Waals surface area contributed by atoms with Crippen LogP contribution in [0.3, 0.4) is 0 Å². The number of aromatic amines is 1. The number of aromatic nitrogens is 1. The van der Waals surface area contributed by atoms with E-state index in [2.05, 4.69) is 34.8 Å². The predicted molar refractivity (Wildman–Crippen MR) is 90.7 cm³/mol. The average Bonchev–Trinajstić information content (AvgIpc) is 3.05. The molecular formula is C18H22BrNO. The molecule has 2 aromatic rings. The van der Waals surface area contributed by atoms with Crippen molar-refractivity contribution >= 4 is 32.6 Å². The summed E-state index contributed by atoms with van der Waals surface area (Å²) in [4.78, 5) is 16.5. The van der Waals surface area contributed by atoms with Gasteiger partial charge in [-0.1, -0.05) is 48.7 Å². The lowest BCUT2D eigenvalue weighted by molar-refractivity contribution is 0.0762. The van der Waals surface area contributed by atoms with Gasteiger partial charge in [-0.25, -0.2) is 0 Å². The summed E-state index contributed by atoms with van der Waals surface area (Å²) in [6.07, 6.45) is 7.35. The lowest BCUT2D eigenvalue weighted by Gasteiger charge is -2.29. The van der Waals surface area contributed by atoms with Gasteiger partial charge in [0.15, 0.2) is 5.78 Å². The molecule has 0 spiro atoms. The Balaban J connectivity index is 2.06. The smallest absolute Gasteiger partial charge is 0.171 e. The van der Waals surface area contributed by atoms with Crippen LogP contribution in [0.15, 0.2) is 28.9 Å². The molecule has 1 aromatic heterocycles. The van der Waals surface area contributed by atoms with Crippen LogP contribution < -0.4 is 0 Å². The van der Waals surface area contributed by atoms with Crippen LogP contribution in [0.5, 0.6) is 0 Å². The summed E-state index contributed by atoms with van der Waals surface area (Å²) in [5, 5.41) is 1.04. The number of hydrogen-bond donors (Lipinski definition) is 1. The minimum absolute atomic E-state index is 0.140. The third-order valence-corrected chi connectivity index (χ3v) is 5.40. The van der Waals surface area contributed by atoms with E-state index in [-0.39, 0.29) is 5.41 Å². The molecule has 1 aliphatic rings. The summed E-state index contributed by atoms with van der Waals surface area (Å²) >= 11 is 3.60. The first-order valence-electron chi connectivity index (χ1n) is 7.84. The van der Waals surface area contributed by atoms with Gasteiger partial charge in [0.25, 0.3) is 0 Å². The van der Waals surface area contributed by atoms with Crippen LogP contribution >= 0.6 is 15.9 Å². The maximum Gasteiger partial charge on any atom is 0.171 e. The normalized spacial score (nSPS) is 17.7. The van der Waals surface area contributed by atoms with Crippen molar-refractivity contribution in [2.45, 2.75) is 46.0 Å². The van der Waals surface area contributed by atoms with Crippen molar-refractivity contribution < 1.29 is 4.79 Å². The van der Waals surface area contributed by atoms with Gasteiger partial charge < -0.3 is 4.98 Å². The Morgan fingerprint density at radius 3 is 2.71 bits per heavy atom. The molecule has 1 N–H and O–H groups in total. The second-order valence-electron chi connectivity index (χ2n) is 6.78. The van der Waals surface area contributed by atoms with Crippen LogP contribution in [-0.4, -0.2) is 10.8 Å². The molecule has 0 saturated heterocycles. The van der Waals surface area contributed by atoms with Crippen LogP contribution in [0.1, 0.15) is 56.3 Å². The molecule has 0 atom stereocenters. The first kappa shape index (κ1) is 14.8. The number of carbonyl (C=O) groups is 1. The standard InChI is InChI=1S/C18H22BrNO/c1-12(2)10-18(8-3-4-9-18)17(21)13-11-20-15-7-5-6-14(19)16(13)15/h5-7,11-12,20H,3-4,8-10H2,1-2H3. The van der Waals surface area contributed by atoms with Gasteiger partial charge in [-0.05, 0) is 37.3 Å². The molecule has 21 heavy (non-hydrogen) atoms. The Labute approximate surface area is 134 Å². The number of benzene rings is 1. The molecule has 0 unspecified atom stereocenters. The van der Waals surface area contributed by atoms with Gasteiger partial charge >= 0.3 is 0 Å². The van der Waals surface area contributed by atoms with E-state index in [0.717, 1.165) is 40.2 Å². The molecule has 3 rings (SSSR count). The number of hydrogen-bond acceptors (Lipinski definition) is 1. The molecular weight excluding hydrogens is 326 g/mol. The van der Waals surface area contributed by atoms with Crippen LogP contribution in [0.25, 0.3) is 10.9 Å². The Bertz CT molecular complexity index is 665. The fourth-order valence-electron chi connectivity index (χ4n) is 3.96. The van der Waals surface area contributed by atoms with Gasteiger partial charge in [-0.2, -0.15) is 0 Å². The number of ketones is 1. The second kappa shape index (κ2) is 5.60. The third-order valence-electron chi connectivity index (χ3n) is 4.74. The van der Waals surface area contributed by atoms with Gasteiger partial charge in [0, 0.05) is 32.6 Å². The Kier molecular flexibility index (Phi) is 3.96. The highest BCUT2D eigenvalue weighted by molar-refractivity contribution is 9.10. The maximum absolute atomic E-state index is 13.3. The Morgan fingerprint density at radius 2 is 2.05 bits per heavy atom. The van der Waals surface area contributed by atoms with Crippen molar-refractivity contribution in [3.8, 4) is 0 Å². The summed E-state index contributed by atoms with van der Waals surface area (Å²) < 4.78 is 1.00. The molecule has 0 radical (unpaired) electrons. The van der Waals surface area contributed by atoms with E-state index < -0.39 is 0 Å². The van der Waals surface area contributed by atoms with Gasteiger partial charge in [0.2, 0.25) is 0 Å². The molecule has 1 heterocycles. The van der Waals surface area contributed by atoms with Gasteiger partial charge in [0.1, 0.15) is 0 Å². The highest BCUT2D eigenvalue weighted by Crippen LogP contribution is 2.46. The molecule has 1 aromatic carbocycles. The quantitative estimate of drug-likeness (QED) is 0.704. The van der Waals surface area contributed by atoms with Crippen molar-refractivity contribution in [3.05, 3.63) is 34.4 Å². The first-order valence-corrected chi connectivity index (χ1v) is 8.63. The maximum atomic E-state index is 13.3. The van der Waals surface area contributed by atoms with Crippen molar-refractivity contribution in [3.63, 3.8) is 0 Å². The second-order valence-corrected chi connectivity index (χ2v) is 7.63. The molecule has 3 heteroatoms. The van der Waals surface area contributed by atoms with Crippen molar-refractivity contribution in [2.75, 3.05) is 0 Å². The first-order chi connectivity index (χ1) is 10.0. The molecule has 2 nitrogen and oxygen atoms in total. The lowest BCUT2D eigenvalue weighted by atomic mass is 9.73. The van der Waals surface area contributed by atoms with Gasteiger partial charge in [-0.15, -0.1) is 0 Å². The van der Waals surface area contributed by atoms with Crippen LogP contribution in [0.4, 0.5) is 0 Å². The van der Waals surface area contributed by atoms with Gasteiger partial charge in [-0.3, -0.25) is 4.79 Å². The monoisotopic (exact) mass is 347 g/mol. The number of Topliss-reactive ketones (excluding diaryl/α,β-unsaturated/α-hetero) is 1. The van der Waals surface area contributed by atoms with E-state index in [0.29, 0.717) is 11.7 Å². The highest BCUT2D eigenvalue weighted by atomic mass is 79.9. The zero-order chi connectivity index (χ0) is 15.0. The predicted octanol–water partition coefficient (Wildman–Crippen LogP) is 5.72. The zero-order valence-corrected chi connectivity index (χ0v) is 14.3. The minimum Gasteiger partial charge on any atom is -0.360 e. The third kappa shape index (κ3) is 2.57. The summed E-state index contributed by atoms with van der Waals surface area (Å²) in [6, 6.07) is 6.04. The van der Waals surface area contributed by atoms with E-state index in [4.69, 9.17) is 0 Å². The van der Waals surface area contributed by atoms with Crippen LogP contribution in [0.2, 0.25) is 0 Å². The average molecular weight is 348 g/mol. The van der Waals surface area contributed by atoms with Crippen molar-refractivity contribution in [1.29, 1.82) is 0 Å². The number of H-pyrrole nitrogens is 1. The molecule has 0 bridgehead atoms. The highest BCUT2D eigenvalue weighted by Gasteiger charge is 2.42. The van der Waals surface area contributed by atoms with E-state index in [1.807, 2.05) is 24.4 Å². The minimum atomic E-state index is -0.140. The Hall–Kier alpha value is -1.09. The molecule has 1 fully saturated rings. The SMILES string of the molecule is CC(C)CC1(C(=O)c2c[nH]c3cccc(Br)c23)CCCC1. The molecule has 112 valence electrons. The van der Waals surface area contributed by atoms with Crippen LogP contribution in [-0.2, 0) is 0 Å². The molecule has 1 saturated carbocycles. The molecule has 0 amide bonds. The van der Waals surface area contributed by atoms with Gasteiger partial charge in [0.05, 0.1) is 0 Å². The fraction of sp³-hybridized carbons (Fsp3) is 0.500. The van der Waals surface area contributed by atoms with Crippen molar-refractivity contribution in [1.82, 2.24) is 4.98 Å². The number of nitrogens with one attached hydrogen (secondary N) is 1. The van der Waals surface area contributed by atoms with Crippen LogP contribution in [0, 0.1) is 11.3 Å². The zero-order valence-electron chi connectivity index (χ0n) is 12.7. The summed E-state index contributed by atoms with van der Waals surface area (Å²) in [7, 11) is 0. The van der Waals surface area contributed by atoms with E-state index >= 15 is 0 Å². The number of fused-ring (bicyclic) bond motifs is 1. The summed E-state index contributed by atoms with van der Waals surface area (Å²) in [5.41, 5.74) is 1.75. The van der Waals surface area contributed by atoms with E-state index in [1.54, 1.807) is 0 Å². The number of rotatable bonds is 4. The van der Waals surface area contributed by atoms with E-state index in [1.165, 1.54) is 12.8 Å². The number of carbonyl (C=O) groups excluding carboxylic acids is 1. The summed E-state index contributed by atoms with van der Waals surface area (Å²) in [5.74, 6) is 0.896. The largest absolute Gasteiger partial charge is 0.360 e. The molecule has 0 aliphatic heterocycles.